The normalized spacial score (nSPS) is 10.9. The lowest BCUT2D eigenvalue weighted by Gasteiger charge is -2.08. The molecule has 1 aromatic heterocycles. The van der Waals surface area contributed by atoms with Gasteiger partial charge < -0.3 is 10.2 Å². The number of hydrogen-bond donors (Lipinski definition) is 1. The van der Waals surface area contributed by atoms with E-state index >= 15 is 0 Å². The number of oxazole rings is 1. The fourth-order valence-electron chi connectivity index (χ4n) is 1.60. The first-order valence-corrected chi connectivity index (χ1v) is 6.90. The Morgan fingerprint density at radius 3 is 2.78 bits per heavy atom. The molecule has 1 heterocycles. The summed E-state index contributed by atoms with van der Waals surface area (Å²) < 4.78 is 5.57. The highest BCUT2D eigenvalue weighted by molar-refractivity contribution is 7.99. The van der Waals surface area contributed by atoms with Gasteiger partial charge in [-0.05, 0) is 56.3 Å². The van der Waals surface area contributed by atoms with Crippen LogP contribution in [0.5, 0.6) is 0 Å². The van der Waals surface area contributed by atoms with E-state index in [4.69, 9.17) is 21.8 Å². The van der Waals surface area contributed by atoms with E-state index in [0.717, 1.165) is 33.4 Å². The van der Waals surface area contributed by atoms with Gasteiger partial charge in [-0.2, -0.15) is 0 Å². The minimum absolute atomic E-state index is 0.570. The molecule has 2 N–H and O–H groups in total. The Hall–Kier alpha value is -0.970. The van der Waals surface area contributed by atoms with Crippen LogP contribution in [0.15, 0.2) is 32.7 Å². The lowest BCUT2D eigenvalue weighted by atomic mass is 10.1. The van der Waals surface area contributed by atoms with Gasteiger partial charge in [0.25, 0.3) is 5.22 Å². The fourth-order valence-corrected chi connectivity index (χ4v) is 2.95. The van der Waals surface area contributed by atoms with Crippen LogP contribution in [0.1, 0.15) is 17.0 Å². The van der Waals surface area contributed by atoms with Crippen LogP contribution in [0.3, 0.4) is 0 Å². The number of hydrogen-bond acceptors (Lipinski definition) is 4. The molecule has 0 fully saturated rings. The molecule has 0 saturated carbocycles. The summed E-state index contributed by atoms with van der Waals surface area (Å²) in [6.07, 6.45) is 0.751. The van der Waals surface area contributed by atoms with Crippen molar-refractivity contribution in [3.05, 3.63) is 40.2 Å². The van der Waals surface area contributed by atoms with Gasteiger partial charge in [0.05, 0.1) is 5.69 Å². The summed E-state index contributed by atoms with van der Waals surface area (Å²) in [6.45, 7) is 4.41. The number of rotatable bonds is 4. The maximum absolute atomic E-state index is 6.19. The molecule has 0 atom stereocenters. The van der Waals surface area contributed by atoms with E-state index in [9.17, 15) is 0 Å². The summed E-state index contributed by atoms with van der Waals surface area (Å²) in [5, 5.41) is 1.39. The Morgan fingerprint density at radius 1 is 1.39 bits per heavy atom. The van der Waals surface area contributed by atoms with Crippen LogP contribution < -0.4 is 5.73 Å². The van der Waals surface area contributed by atoms with Crippen molar-refractivity contribution in [3.8, 4) is 0 Å². The number of aryl methyl sites for hydroxylation is 2. The van der Waals surface area contributed by atoms with Crippen LogP contribution in [0.25, 0.3) is 0 Å². The summed E-state index contributed by atoms with van der Waals surface area (Å²) in [6, 6.07) is 5.81. The van der Waals surface area contributed by atoms with Crippen molar-refractivity contribution < 1.29 is 4.42 Å². The van der Waals surface area contributed by atoms with Crippen LogP contribution in [-0.2, 0) is 6.42 Å². The predicted octanol–water partition coefficient (Wildman–Crippen LogP) is 3.60. The third kappa shape index (κ3) is 2.88. The molecule has 0 saturated heterocycles. The van der Waals surface area contributed by atoms with Gasteiger partial charge in [-0.3, -0.25) is 0 Å². The van der Waals surface area contributed by atoms with Crippen molar-refractivity contribution in [1.29, 1.82) is 0 Å². The van der Waals surface area contributed by atoms with Crippen LogP contribution in [0.2, 0.25) is 5.02 Å². The van der Waals surface area contributed by atoms with Crippen LogP contribution in [0.4, 0.5) is 0 Å². The summed E-state index contributed by atoms with van der Waals surface area (Å²) in [5.74, 6) is 0.847. The standard InChI is InChI=1S/C13H15ClN2OS/c1-8-9(2)17-13(16-8)18-12-5-3-4-11(14)10(12)6-7-15/h3-5H,6-7,15H2,1-2H3. The Bertz CT molecular complexity index is 534. The molecule has 0 aliphatic rings. The van der Waals surface area contributed by atoms with Gasteiger partial charge >= 0.3 is 0 Å². The zero-order chi connectivity index (χ0) is 13.1. The number of benzene rings is 1. The molecule has 0 aliphatic carbocycles. The molecule has 18 heavy (non-hydrogen) atoms. The average molecular weight is 283 g/mol. The van der Waals surface area contributed by atoms with Crippen LogP contribution >= 0.6 is 23.4 Å². The minimum atomic E-state index is 0.570. The number of halogens is 1. The molecule has 96 valence electrons. The summed E-state index contributed by atoms with van der Waals surface area (Å²) in [5.41, 5.74) is 7.59. The maximum Gasteiger partial charge on any atom is 0.261 e. The van der Waals surface area contributed by atoms with E-state index < -0.39 is 0 Å². The molecule has 0 spiro atoms. The highest BCUT2D eigenvalue weighted by atomic mass is 35.5. The molecule has 0 amide bonds. The highest BCUT2D eigenvalue weighted by Gasteiger charge is 2.12. The smallest absolute Gasteiger partial charge is 0.261 e. The van der Waals surface area contributed by atoms with Gasteiger partial charge in [-0.25, -0.2) is 4.98 Å². The molecular weight excluding hydrogens is 268 g/mol. The van der Waals surface area contributed by atoms with Crippen molar-refractivity contribution in [1.82, 2.24) is 4.98 Å². The third-order valence-electron chi connectivity index (χ3n) is 2.68. The van der Waals surface area contributed by atoms with E-state index in [-0.39, 0.29) is 0 Å². The van der Waals surface area contributed by atoms with Gasteiger partial charge in [0.15, 0.2) is 0 Å². The Balaban J connectivity index is 2.30. The molecule has 3 nitrogen and oxygen atoms in total. The molecule has 0 unspecified atom stereocenters. The summed E-state index contributed by atoms with van der Waals surface area (Å²) >= 11 is 7.68. The first-order valence-electron chi connectivity index (χ1n) is 5.71. The second kappa shape index (κ2) is 5.78. The second-order valence-corrected chi connectivity index (χ2v) is 5.38. The first-order chi connectivity index (χ1) is 8.61. The largest absolute Gasteiger partial charge is 0.436 e. The molecule has 1 aromatic carbocycles. The number of nitrogens with zero attached hydrogens (tertiary/aromatic N) is 1. The van der Waals surface area contributed by atoms with E-state index in [1.54, 1.807) is 0 Å². The predicted molar refractivity (Wildman–Crippen MR) is 74.3 cm³/mol. The van der Waals surface area contributed by atoms with E-state index in [1.165, 1.54) is 11.8 Å². The average Bonchev–Trinajstić information content (AvgIpc) is 2.63. The fraction of sp³-hybridized carbons (Fsp3) is 0.308. The zero-order valence-electron chi connectivity index (χ0n) is 10.4. The van der Waals surface area contributed by atoms with Gasteiger partial charge in [0.1, 0.15) is 5.76 Å². The van der Waals surface area contributed by atoms with E-state index in [1.807, 2.05) is 32.0 Å². The highest BCUT2D eigenvalue weighted by Crippen LogP contribution is 2.34. The SMILES string of the molecule is Cc1nc(Sc2cccc(Cl)c2CCN)oc1C. The Kier molecular flexibility index (Phi) is 4.32. The molecule has 2 aromatic rings. The molecule has 0 aliphatic heterocycles. The first kappa shape index (κ1) is 13.5. The quantitative estimate of drug-likeness (QED) is 0.931. The van der Waals surface area contributed by atoms with E-state index in [2.05, 4.69) is 4.98 Å². The number of aromatic nitrogens is 1. The molecular formula is C13H15ClN2OS. The molecule has 5 heteroatoms. The van der Waals surface area contributed by atoms with Gasteiger partial charge in [-0.15, -0.1) is 0 Å². The van der Waals surface area contributed by atoms with Crippen molar-refractivity contribution >= 4 is 23.4 Å². The Labute approximate surface area is 116 Å². The monoisotopic (exact) mass is 282 g/mol. The van der Waals surface area contributed by atoms with Gasteiger partial charge in [0, 0.05) is 9.92 Å². The molecule has 2 rings (SSSR count). The van der Waals surface area contributed by atoms with Crippen molar-refractivity contribution in [2.45, 2.75) is 30.4 Å². The molecule has 0 radical (unpaired) electrons. The van der Waals surface area contributed by atoms with Crippen molar-refractivity contribution in [3.63, 3.8) is 0 Å². The molecule has 0 bridgehead atoms. The van der Waals surface area contributed by atoms with E-state index in [0.29, 0.717) is 11.8 Å². The summed E-state index contributed by atoms with van der Waals surface area (Å²) in [7, 11) is 0. The topological polar surface area (TPSA) is 52.0 Å². The minimum Gasteiger partial charge on any atom is -0.436 e. The van der Waals surface area contributed by atoms with Crippen molar-refractivity contribution in [2.75, 3.05) is 6.54 Å². The van der Waals surface area contributed by atoms with Crippen molar-refractivity contribution in [2.24, 2.45) is 5.73 Å². The summed E-state index contributed by atoms with van der Waals surface area (Å²) in [4.78, 5) is 5.41. The maximum atomic E-state index is 6.19. The second-order valence-electron chi connectivity index (χ2n) is 3.98. The Morgan fingerprint density at radius 2 is 2.17 bits per heavy atom. The lowest BCUT2D eigenvalue weighted by molar-refractivity contribution is 0.431. The third-order valence-corrected chi connectivity index (χ3v) is 3.98. The van der Waals surface area contributed by atoms with Crippen LogP contribution in [-0.4, -0.2) is 11.5 Å². The number of nitrogens with two attached hydrogens (primary N) is 1. The zero-order valence-corrected chi connectivity index (χ0v) is 11.9. The lowest BCUT2D eigenvalue weighted by Crippen LogP contribution is -2.04. The van der Waals surface area contributed by atoms with Crippen LogP contribution in [0, 0.1) is 13.8 Å². The van der Waals surface area contributed by atoms with Gasteiger partial charge in [-0.1, -0.05) is 17.7 Å². The van der Waals surface area contributed by atoms with Gasteiger partial charge in [0.2, 0.25) is 0 Å².